The second-order valence-electron chi connectivity index (χ2n) is 6.00. The molecule has 0 saturated carbocycles. The zero-order valence-corrected chi connectivity index (χ0v) is 15.6. The van der Waals surface area contributed by atoms with E-state index in [0.29, 0.717) is 28.5 Å². The molecule has 3 N–H and O–H groups in total. The molecule has 0 radical (unpaired) electrons. The smallest absolute Gasteiger partial charge is 0.322 e. The Labute approximate surface area is 160 Å². The second kappa shape index (κ2) is 7.99. The van der Waals surface area contributed by atoms with Crippen LogP contribution >= 0.6 is 0 Å². The average molecular weight is 388 g/mol. The van der Waals surface area contributed by atoms with Crippen LogP contribution in [0.2, 0.25) is 0 Å². The number of methoxy groups -OCH3 is 3. The van der Waals surface area contributed by atoms with Crippen molar-refractivity contribution in [3.63, 3.8) is 0 Å². The van der Waals surface area contributed by atoms with Crippen molar-refractivity contribution in [1.29, 1.82) is 0 Å². The number of amides is 1. The third-order valence-electron chi connectivity index (χ3n) is 4.35. The van der Waals surface area contributed by atoms with Crippen molar-refractivity contribution in [2.24, 2.45) is 0 Å². The van der Waals surface area contributed by atoms with Crippen LogP contribution in [0.4, 0.5) is 11.6 Å². The van der Waals surface area contributed by atoms with Crippen molar-refractivity contribution >= 4 is 23.5 Å². The van der Waals surface area contributed by atoms with E-state index in [0.717, 1.165) is 5.56 Å². The predicted octanol–water partition coefficient (Wildman–Crippen LogP) is 1.47. The first-order valence-corrected chi connectivity index (χ1v) is 8.38. The Balaban J connectivity index is 2.05. The maximum atomic E-state index is 12.3. The van der Waals surface area contributed by atoms with Crippen LogP contribution in [-0.4, -0.2) is 54.8 Å². The lowest BCUT2D eigenvalue weighted by molar-refractivity contribution is -0.135. The third-order valence-corrected chi connectivity index (χ3v) is 4.35. The summed E-state index contributed by atoms with van der Waals surface area (Å²) in [5.41, 5.74) is 1.97. The number of fused-ring (bicyclic) bond motifs is 1. The fourth-order valence-electron chi connectivity index (χ4n) is 3.16. The molecule has 0 bridgehead atoms. The number of hydrogen-bond acceptors (Lipinski definition) is 8. The summed E-state index contributed by atoms with van der Waals surface area (Å²) in [6.45, 7) is -0.293. The quantitative estimate of drug-likeness (QED) is 0.645. The van der Waals surface area contributed by atoms with Gasteiger partial charge in [0.1, 0.15) is 6.54 Å². The van der Waals surface area contributed by atoms with Crippen LogP contribution in [0.1, 0.15) is 23.5 Å². The number of nitrogens with one attached hydrogen (secondary N) is 2. The highest BCUT2D eigenvalue weighted by atomic mass is 16.5. The van der Waals surface area contributed by atoms with E-state index in [9.17, 15) is 9.59 Å². The third kappa shape index (κ3) is 3.61. The molecule has 3 rings (SSSR count). The van der Waals surface area contributed by atoms with E-state index in [2.05, 4.69) is 20.6 Å². The van der Waals surface area contributed by atoms with Crippen LogP contribution < -0.4 is 24.8 Å². The number of nitrogens with zero attached hydrogens (tertiary/aromatic N) is 2. The molecular weight excluding hydrogens is 368 g/mol. The maximum absolute atomic E-state index is 12.3. The van der Waals surface area contributed by atoms with Gasteiger partial charge in [0.2, 0.25) is 17.6 Å². The van der Waals surface area contributed by atoms with E-state index in [4.69, 9.17) is 19.3 Å². The molecule has 28 heavy (non-hydrogen) atoms. The Morgan fingerprint density at radius 2 is 1.89 bits per heavy atom. The highest BCUT2D eigenvalue weighted by Gasteiger charge is 2.33. The SMILES string of the molecule is COc1cc2c(c(OC)c1OC)C(c1cnc(NCC(=O)O)nc1)CC(=O)N2. The molecule has 2 heterocycles. The van der Waals surface area contributed by atoms with E-state index in [1.54, 1.807) is 18.5 Å². The number of carbonyl (C=O) groups excluding carboxylic acids is 1. The van der Waals surface area contributed by atoms with Gasteiger partial charge in [0.15, 0.2) is 11.5 Å². The Morgan fingerprint density at radius 3 is 2.46 bits per heavy atom. The van der Waals surface area contributed by atoms with Crippen molar-refractivity contribution in [1.82, 2.24) is 9.97 Å². The summed E-state index contributed by atoms with van der Waals surface area (Å²) in [6, 6.07) is 1.68. The molecule has 10 heteroatoms. The van der Waals surface area contributed by atoms with Crippen LogP contribution in [0.25, 0.3) is 0 Å². The lowest BCUT2D eigenvalue weighted by Gasteiger charge is -2.29. The first-order chi connectivity index (χ1) is 13.5. The van der Waals surface area contributed by atoms with Crippen LogP contribution in [0.15, 0.2) is 18.5 Å². The second-order valence-corrected chi connectivity index (χ2v) is 6.00. The first kappa shape index (κ1) is 19.2. The zero-order valence-electron chi connectivity index (χ0n) is 15.6. The van der Waals surface area contributed by atoms with E-state index in [1.165, 1.54) is 21.3 Å². The molecule has 1 atom stereocenters. The normalized spacial score (nSPS) is 15.2. The van der Waals surface area contributed by atoms with Crippen LogP contribution in [-0.2, 0) is 9.59 Å². The zero-order chi connectivity index (χ0) is 20.3. The summed E-state index contributed by atoms with van der Waals surface area (Å²) < 4.78 is 16.4. The number of carbonyl (C=O) groups is 2. The van der Waals surface area contributed by atoms with Gasteiger partial charge < -0.3 is 30.0 Å². The number of ether oxygens (including phenoxy) is 3. The number of benzene rings is 1. The molecule has 1 aliphatic rings. The topological polar surface area (TPSA) is 132 Å². The molecule has 1 unspecified atom stereocenters. The van der Waals surface area contributed by atoms with Crippen LogP contribution in [0.3, 0.4) is 0 Å². The van der Waals surface area contributed by atoms with E-state index in [1.807, 2.05) is 0 Å². The minimum atomic E-state index is -1.02. The van der Waals surface area contributed by atoms with Gasteiger partial charge in [-0.05, 0) is 5.56 Å². The van der Waals surface area contributed by atoms with E-state index in [-0.39, 0.29) is 30.7 Å². The summed E-state index contributed by atoms with van der Waals surface area (Å²) in [5, 5.41) is 14.2. The number of aliphatic carboxylic acids is 1. The maximum Gasteiger partial charge on any atom is 0.322 e. The number of hydrogen-bond donors (Lipinski definition) is 3. The number of aromatic nitrogens is 2. The van der Waals surface area contributed by atoms with Gasteiger partial charge in [-0.3, -0.25) is 9.59 Å². The number of carboxylic acids is 1. The molecular formula is C18H20N4O6. The fraction of sp³-hybridized carbons (Fsp3) is 0.333. The highest BCUT2D eigenvalue weighted by molar-refractivity contribution is 5.97. The predicted molar refractivity (Wildman–Crippen MR) is 99.3 cm³/mol. The molecule has 0 fully saturated rings. The summed E-state index contributed by atoms with van der Waals surface area (Å²) in [4.78, 5) is 31.2. The standard InChI is InChI=1S/C18H20N4O6/c1-26-12-5-11-15(17(28-3)16(12)27-2)10(4-13(23)22-11)9-6-19-18(20-7-9)21-8-14(24)25/h5-7,10H,4,8H2,1-3H3,(H,22,23)(H,24,25)(H,19,20,21). The van der Waals surface area contributed by atoms with Crippen molar-refractivity contribution in [2.45, 2.75) is 12.3 Å². The molecule has 2 aromatic rings. The van der Waals surface area contributed by atoms with Gasteiger partial charge in [0.25, 0.3) is 0 Å². The Bertz CT molecular complexity index is 900. The van der Waals surface area contributed by atoms with Gasteiger partial charge in [0, 0.05) is 36.4 Å². The van der Waals surface area contributed by atoms with Gasteiger partial charge >= 0.3 is 5.97 Å². The van der Waals surface area contributed by atoms with Gasteiger partial charge in [-0.2, -0.15) is 0 Å². The minimum absolute atomic E-state index is 0.167. The van der Waals surface area contributed by atoms with Crippen molar-refractivity contribution in [2.75, 3.05) is 38.5 Å². The van der Waals surface area contributed by atoms with Crippen molar-refractivity contribution < 1.29 is 28.9 Å². The Morgan fingerprint density at radius 1 is 1.21 bits per heavy atom. The first-order valence-electron chi connectivity index (χ1n) is 8.38. The van der Waals surface area contributed by atoms with E-state index < -0.39 is 5.97 Å². The van der Waals surface area contributed by atoms with Gasteiger partial charge in [-0.1, -0.05) is 0 Å². The molecule has 0 saturated heterocycles. The summed E-state index contributed by atoms with van der Waals surface area (Å²) >= 11 is 0. The van der Waals surface area contributed by atoms with Gasteiger partial charge in [0.05, 0.1) is 27.0 Å². The molecule has 0 aliphatic carbocycles. The van der Waals surface area contributed by atoms with Crippen LogP contribution in [0, 0.1) is 0 Å². The molecule has 10 nitrogen and oxygen atoms in total. The lowest BCUT2D eigenvalue weighted by atomic mass is 9.85. The molecule has 1 amide bonds. The van der Waals surface area contributed by atoms with Gasteiger partial charge in [-0.15, -0.1) is 0 Å². The molecule has 0 spiro atoms. The number of rotatable bonds is 7. The molecule has 1 aromatic carbocycles. The lowest BCUT2D eigenvalue weighted by Crippen LogP contribution is -2.24. The molecule has 1 aliphatic heterocycles. The van der Waals surface area contributed by atoms with Crippen molar-refractivity contribution in [3.05, 3.63) is 29.6 Å². The fourth-order valence-corrected chi connectivity index (χ4v) is 3.16. The number of carboxylic acid groups (broad SMARTS) is 1. The molecule has 148 valence electrons. The van der Waals surface area contributed by atoms with Crippen LogP contribution in [0.5, 0.6) is 17.2 Å². The average Bonchev–Trinajstić information content (AvgIpc) is 2.70. The van der Waals surface area contributed by atoms with Crippen molar-refractivity contribution in [3.8, 4) is 17.2 Å². The Hall–Kier alpha value is -3.56. The van der Waals surface area contributed by atoms with Gasteiger partial charge in [-0.25, -0.2) is 9.97 Å². The van der Waals surface area contributed by atoms with E-state index >= 15 is 0 Å². The highest BCUT2D eigenvalue weighted by Crippen LogP contribution is 2.50. The monoisotopic (exact) mass is 388 g/mol. The largest absolute Gasteiger partial charge is 0.493 e. The number of anilines is 2. The molecule has 1 aromatic heterocycles. The summed E-state index contributed by atoms with van der Waals surface area (Å²) in [7, 11) is 4.53. The summed E-state index contributed by atoms with van der Waals surface area (Å²) in [5.74, 6) is -0.0573. The minimum Gasteiger partial charge on any atom is -0.493 e. The Kier molecular flexibility index (Phi) is 5.48. The summed E-state index contributed by atoms with van der Waals surface area (Å²) in [6.07, 6.45) is 3.28.